The third-order valence-corrected chi connectivity index (χ3v) is 3.99. The minimum Gasteiger partial charge on any atom is -0.346 e. The molecule has 102 valence electrons. The second kappa shape index (κ2) is 5.05. The zero-order valence-corrected chi connectivity index (χ0v) is 11.7. The lowest BCUT2D eigenvalue weighted by Crippen LogP contribution is -2.12. The van der Waals surface area contributed by atoms with Gasteiger partial charge in [-0.05, 0) is 17.5 Å². The van der Waals surface area contributed by atoms with Crippen LogP contribution in [0.3, 0.4) is 0 Å². The normalized spacial score (nSPS) is 11.1. The van der Waals surface area contributed by atoms with Crippen molar-refractivity contribution >= 4 is 27.3 Å². The molecule has 0 bridgehead atoms. The van der Waals surface area contributed by atoms with Crippen LogP contribution < -0.4 is 5.56 Å². The molecule has 0 fully saturated rings. The van der Waals surface area contributed by atoms with E-state index >= 15 is 0 Å². The summed E-state index contributed by atoms with van der Waals surface area (Å²) < 4.78 is 2.49. The van der Waals surface area contributed by atoms with Gasteiger partial charge in [-0.2, -0.15) is 0 Å². The van der Waals surface area contributed by atoms with Crippen LogP contribution in [0.25, 0.3) is 10.2 Å². The number of nitrogens with one attached hydrogen (secondary N) is 1. The van der Waals surface area contributed by atoms with Crippen LogP contribution in [-0.4, -0.2) is 20.3 Å². The molecule has 0 aromatic carbocycles. The molecule has 0 unspecified atom stereocenters. The first-order chi connectivity index (χ1) is 9.67. The fraction of sp³-hybridized carbons (Fsp3) is 0.214. The van der Waals surface area contributed by atoms with Crippen molar-refractivity contribution in [2.24, 2.45) is 0 Å². The highest BCUT2D eigenvalue weighted by atomic mass is 32.1. The van der Waals surface area contributed by atoms with Gasteiger partial charge in [-0.25, -0.2) is 4.98 Å². The highest BCUT2D eigenvalue weighted by Gasteiger charge is 2.08. The van der Waals surface area contributed by atoms with E-state index in [0.29, 0.717) is 34.6 Å². The maximum atomic E-state index is 11.9. The minimum absolute atomic E-state index is 0.110. The van der Waals surface area contributed by atoms with E-state index in [1.807, 2.05) is 29.1 Å². The van der Waals surface area contributed by atoms with E-state index < -0.39 is 0 Å². The molecule has 0 aliphatic carbocycles. The molecule has 20 heavy (non-hydrogen) atoms. The van der Waals surface area contributed by atoms with Gasteiger partial charge >= 0.3 is 0 Å². The van der Waals surface area contributed by atoms with Crippen LogP contribution in [0.4, 0.5) is 0 Å². The standard InChI is InChI=1S/C14H13N3O2S/c1-2-11(18)9-3-5-17(7-9)8-12-15-10-4-6-20-13(10)14(19)16-12/h3-7H,2,8H2,1H3,(H,15,16,19). The molecule has 0 saturated heterocycles. The van der Waals surface area contributed by atoms with Gasteiger partial charge in [0.2, 0.25) is 0 Å². The van der Waals surface area contributed by atoms with Crippen LogP contribution in [0.2, 0.25) is 0 Å². The number of hydrogen-bond acceptors (Lipinski definition) is 4. The zero-order valence-electron chi connectivity index (χ0n) is 10.9. The Labute approximate surface area is 118 Å². The summed E-state index contributed by atoms with van der Waals surface area (Å²) in [6.45, 7) is 2.28. The van der Waals surface area contributed by atoms with E-state index in [4.69, 9.17) is 0 Å². The van der Waals surface area contributed by atoms with Crippen molar-refractivity contribution in [3.05, 3.63) is 51.6 Å². The summed E-state index contributed by atoms with van der Waals surface area (Å²) in [5, 5.41) is 1.85. The number of fused-ring (bicyclic) bond motifs is 1. The van der Waals surface area contributed by atoms with Gasteiger partial charge in [0.15, 0.2) is 5.78 Å². The molecule has 3 heterocycles. The van der Waals surface area contributed by atoms with Gasteiger partial charge < -0.3 is 9.55 Å². The van der Waals surface area contributed by atoms with Crippen LogP contribution in [0, 0.1) is 0 Å². The van der Waals surface area contributed by atoms with Crippen LogP contribution in [-0.2, 0) is 6.54 Å². The van der Waals surface area contributed by atoms with E-state index in [1.54, 1.807) is 12.3 Å². The number of nitrogens with zero attached hydrogens (tertiary/aromatic N) is 2. The summed E-state index contributed by atoms with van der Waals surface area (Å²) in [7, 11) is 0. The highest BCUT2D eigenvalue weighted by molar-refractivity contribution is 7.17. The molecule has 0 aliphatic heterocycles. The predicted molar refractivity (Wildman–Crippen MR) is 78.4 cm³/mol. The lowest BCUT2D eigenvalue weighted by molar-refractivity contribution is 0.0988. The molecule has 3 aromatic rings. The van der Waals surface area contributed by atoms with Crippen molar-refractivity contribution in [3.8, 4) is 0 Å². The number of carbonyl (C=O) groups is 1. The monoisotopic (exact) mass is 287 g/mol. The third-order valence-electron chi connectivity index (χ3n) is 3.09. The molecule has 0 spiro atoms. The van der Waals surface area contributed by atoms with E-state index in [1.165, 1.54) is 11.3 Å². The van der Waals surface area contributed by atoms with Crippen molar-refractivity contribution in [1.29, 1.82) is 0 Å². The quantitative estimate of drug-likeness (QED) is 0.749. The first-order valence-electron chi connectivity index (χ1n) is 6.32. The third kappa shape index (κ3) is 2.30. The number of ketones is 1. The Kier molecular flexibility index (Phi) is 3.23. The Morgan fingerprint density at radius 2 is 2.30 bits per heavy atom. The smallest absolute Gasteiger partial charge is 0.268 e. The Morgan fingerprint density at radius 3 is 3.10 bits per heavy atom. The number of carbonyl (C=O) groups excluding carboxylic acids is 1. The Hall–Kier alpha value is -2.21. The van der Waals surface area contributed by atoms with Gasteiger partial charge in [-0.15, -0.1) is 11.3 Å². The molecule has 1 N–H and O–H groups in total. The SMILES string of the molecule is CCC(=O)c1ccn(Cc2nc3ccsc3c(=O)[nH]2)c1. The van der Waals surface area contributed by atoms with Gasteiger partial charge in [0.25, 0.3) is 5.56 Å². The van der Waals surface area contributed by atoms with Crippen LogP contribution in [0.5, 0.6) is 0 Å². The number of rotatable bonds is 4. The fourth-order valence-corrected chi connectivity index (χ4v) is 2.80. The number of H-pyrrole nitrogens is 1. The Balaban J connectivity index is 1.91. The van der Waals surface area contributed by atoms with Crippen molar-refractivity contribution in [3.63, 3.8) is 0 Å². The number of aromatic nitrogens is 3. The second-order valence-electron chi connectivity index (χ2n) is 4.50. The summed E-state index contributed by atoms with van der Waals surface area (Å²) in [5.74, 6) is 0.700. The Morgan fingerprint density at radius 1 is 1.45 bits per heavy atom. The second-order valence-corrected chi connectivity index (χ2v) is 5.41. The maximum Gasteiger partial charge on any atom is 0.268 e. The van der Waals surface area contributed by atoms with E-state index in [0.717, 1.165) is 0 Å². The van der Waals surface area contributed by atoms with E-state index in [2.05, 4.69) is 9.97 Å². The molecule has 0 radical (unpaired) electrons. The molecular formula is C14H13N3O2S. The van der Waals surface area contributed by atoms with Crippen molar-refractivity contribution in [1.82, 2.24) is 14.5 Å². The number of thiophene rings is 1. The molecule has 5 nitrogen and oxygen atoms in total. The fourth-order valence-electron chi connectivity index (χ4n) is 2.08. The van der Waals surface area contributed by atoms with Gasteiger partial charge in [-0.3, -0.25) is 9.59 Å². The van der Waals surface area contributed by atoms with Crippen LogP contribution in [0.15, 0.2) is 34.7 Å². The number of hydrogen-bond donors (Lipinski definition) is 1. The molecule has 0 saturated carbocycles. The first kappa shape index (κ1) is 12.8. The van der Waals surface area contributed by atoms with Crippen molar-refractivity contribution in [2.75, 3.05) is 0 Å². The topological polar surface area (TPSA) is 67.8 Å². The van der Waals surface area contributed by atoms with Crippen molar-refractivity contribution < 1.29 is 4.79 Å². The van der Waals surface area contributed by atoms with Crippen LogP contribution >= 0.6 is 11.3 Å². The average molecular weight is 287 g/mol. The lowest BCUT2D eigenvalue weighted by Gasteiger charge is -2.02. The highest BCUT2D eigenvalue weighted by Crippen LogP contribution is 2.14. The summed E-state index contributed by atoms with van der Waals surface area (Å²) in [6.07, 6.45) is 4.09. The average Bonchev–Trinajstić information content (AvgIpc) is 3.07. The maximum absolute atomic E-state index is 11.9. The number of aromatic amines is 1. The van der Waals surface area contributed by atoms with Gasteiger partial charge in [0.05, 0.1) is 12.1 Å². The van der Waals surface area contributed by atoms with Gasteiger partial charge in [0.1, 0.15) is 10.5 Å². The van der Waals surface area contributed by atoms with E-state index in [9.17, 15) is 9.59 Å². The molecular weight excluding hydrogens is 274 g/mol. The minimum atomic E-state index is -0.114. The molecule has 0 amide bonds. The van der Waals surface area contributed by atoms with Gasteiger partial charge in [-0.1, -0.05) is 6.92 Å². The summed E-state index contributed by atoms with van der Waals surface area (Å²) >= 11 is 1.38. The van der Waals surface area contributed by atoms with Crippen LogP contribution in [0.1, 0.15) is 29.5 Å². The molecule has 0 aliphatic rings. The summed E-state index contributed by atoms with van der Waals surface area (Å²) in [4.78, 5) is 30.6. The molecule has 0 atom stereocenters. The summed E-state index contributed by atoms with van der Waals surface area (Å²) in [6, 6.07) is 3.62. The van der Waals surface area contributed by atoms with Gasteiger partial charge in [0, 0.05) is 24.4 Å². The molecule has 3 rings (SSSR count). The first-order valence-corrected chi connectivity index (χ1v) is 7.20. The number of Topliss-reactive ketones (excluding diaryl/α,β-unsaturated/α-hetero) is 1. The summed E-state index contributed by atoms with van der Waals surface area (Å²) in [5.41, 5.74) is 1.29. The zero-order chi connectivity index (χ0) is 14.1. The predicted octanol–water partition coefficient (Wildman–Crippen LogP) is 2.43. The largest absolute Gasteiger partial charge is 0.346 e. The molecule has 3 aromatic heterocycles. The van der Waals surface area contributed by atoms with Crippen molar-refractivity contribution in [2.45, 2.75) is 19.9 Å². The van der Waals surface area contributed by atoms with E-state index in [-0.39, 0.29) is 11.3 Å². The Bertz CT molecular complexity index is 828. The molecule has 6 heteroatoms. The lowest BCUT2D eigenvalue weighted by atomic mass is 10.2.